The summed E-state index contributed by atoms with van der Waals surface area (Å²) in [7, 11) is -3.66. The normalized spacial score (nSPS) is 14.6. The van der Waals surface area contributed by atoms with Crippen molar-refractivity contribution in [2.45, 2.75) is 32.6 Å². The van der Waals surface area contributed by atoms with Gasteiger partial charge in [-0.25, -0.2) is 13.4 Å². The van der Waals surface area contributed by atoms with Gasteiger partial charge < -0.3 is 15.5 Å². The van der Waals surface area contributed by atoms with E-state index in [2.05, 4.69) is 20.6 Å². The molecular weight excluding hydrogens is 464 g/mol. The van der Waals surface area contributed by atoms with E-state index >= 15 is 0 Å². The second kappa shape index (κ2) is 10.0. The van der Waals surface area contributed by atoms with Crippen molar-refractivity contribution in [3.8, 4) is 0 Å². The molecule has 2 heterocycles. The lowest BCUT2D eigenvalue weighted by Crippen LogP contribution is -2.49. The summed E-state index contributed by atoms with van der Waals surface area (Å²) in [6, 6.07) is 14.8. The number of hydrogen-bond donors (Lipinski definition) is 2. The molecule has 35 heavy (non-hydrogen) atoms. The van der Waals surface area contributed by atoms with E-state index in [0.29, 0.717) is 49.2 Å². The van der Waals surface area contributed by atoms with Crippen LogP contribution in [0.25, 0.3) is 0 Å². The van der Waals surface area contributed by atoms with Crippen LogP contribution in [0.5, 0.6) is 0 Å². The molecule has 9 nitrogen and oxygen atoms in total. The van der Waals surface area contributed by atoms with E-state index in [4.69, 9.17) is 0 Å². The summed E-state index contributed by atoms with van der Waals surface area (Å²) < 4.78 is 28.1. The predicted molar refractivity (Wildman–Crippen MR) is 138 cm³/mol. The van der Waals surface area contributed by atoms with Gasteiger partial charge in [0.1, 0.15) is 5.82 Å². The number of rotatable bonds is 6. The molecule has 0 aliphatic carbocycles. The first-order valence-electron chi connectivity index (χ1n) is 11.4. The van der Waals surface area contributed by atoms with Crippen molar-refractivity contribution < 1.29 is 13.2 Å². The topological polar surface area (TPSA) is 108 Å². The lowest BCUT2D eigenvalue weighted by molar-refractivity contribution is -0.114. The van der Waals surface area contributed by atoms with E-state index in [0.717, 1.165) is 11.4 Å². The van der Waals surface area contributed by atoms with Crippen LogP contribution in [0.1, 0.15) is 23.7 Å². The van der Waals surface area contributed by atoms with Crippen molar-refractivity contribution in [2.75, 3.05) is 41.7 Å². The minimum atomic E-state index is -3.66. The molecule has 1 saturated heterocycles. The van der Waals surface area contributed by atoms with Gasteiger partial charge in [-0.15, -0.1) is 0 Å². The zero-order valence-corrected chi connectivity index (χ0v) is 21.2. The fraction of sp³-hybridized carbons (Fsp3) is 0.320. The number of piperazine rings is 1. The lowest BCUT2D eigenvalue weighted by atomic mass is 10.2. The fourth-order valence-electron chi connectivity index (χ4n) is 4.03. The number of amides is 1. The Balaban J connectivity index is 1.46. The number of hydrogen-bond acceptors (Lipinski definition) is 7. The van der Waals surface area contributed by atoms with Gasteiger partial charge in [0, 0.05) is 56.2 Å². The molecule has 0 spiro atoms. The monoisotopic (exact) mass is 494 g/mol. The van der Waals surface area contributed by atoms with E-state index in [-0.39, 0.29) is 10.8 Å². The van der Waals surface area contributed by atoms with Crippen molar-refractivity contribution in [1.82, 2.24) is 14.3 Å². The van der Waals surface area contributed by atoms with Gasteiger partial charge in [-0.1, -0.05) is 17.7 Å². The van der Waals surface area contributed by atoms with Gasteiger partial charge in [0.2, 0.25) is 21.9 Å². The number of aromatic nitrogens is 2. The highest BCUT2D eigenvalue weighted by molar-refractivity contribution is 7.89. The maximum Gasteiger partial charge on any atom is 0.243 e. The Morgan fingerprint density at radius 3 is 2.17 bits per heavy atom. The third-order valence-electron chi connectivity index (χ3n) is 5.80. The molecule has 4 rings (SSSR count). The Morgan fingerprint density at radius 1 is 0.886 bits per heavy atom. The SMILES string of the molecule is CC(=O)Nc1ccc(S(=O)(=O)N2CCN(c3nc(C)cc(Nc4ccc(C)cc4)n3)CC2)c(C)c1. The molecule has 1 fully saturated rings. The van der Waals surface area contributed by atoms with Crippen LogP contribution in [-0.4, -0.2) is 54.8 Å². The Labute approximate surface area is 206 Å². The van der Waals surface area contributed by atoms with Crippen LogP contribution in [0.15, 0.2) is 53.4 Å². The smallest absolute Gasteiger partial charge is 0.243 e. The molecule has 0 saturated carbocycles. The van der Waals surface area contributed by atoms with Gasteiger partial charge in [0.15, 0.2) is 0 Å². The lowest BCUT2D eigenvalue weighted by Gasteiger charge is -2.34. The molecule has 2 aromatic carbocycles. The van der Waals surface area contributed by atoms with Crippen LogP contribution in [0.4, 0.5) is 23.1 Å². The third kappa shape index (κ3) is 5.77. The molecule has 0 bridgehead atoms. The van der Waals surface area contributed by atoms with E-state index in [1.54, 1.807) is 25.1 Å². The second-order valence-corrected chi connectivity index (χ2v) is 10.6. The van der Waals surface area contributed by atoms with Crippen molar-refractivity contribution in [1.29, 1.82) is 0 Å². The van der Waals surface area contributed by atoms with Crippen molar-refractivity contribution in [3.05, 3.63) is 65.4 Å². The van der Waals surface area contributed by atoms with Crippen LogP contribution >= 0.6 is 0 Å². The van der Waals surface area contributed by atoms with Crippen LogP contribution in [0.3, 0.4) is 0 Å². The van der Waals surface area contributed by atoms with Gasteiger partial charge in [-0.3, -0.25) is 4.79 Å². The van der Waals surface area contributed by atoms with Crippen LogP contribution in [-0.2, 0) is 14.8 Å². The average Bonchev–Trinajstić information content (AvgIpc) is 2.80. The Morgan fingerprint density at radius 2 is 1.54 bits per heavy atom. The second-order valence-electron chi connectivity index (χ2n) is 8.74. The number of nitrogens with one attached hydrogen (secondary N) is 2. The fourth-order valence-corrected chi connectivity index (χ4v) is 5.66. The molecule has 2 N–H and O–H groups in total. The number of carbonyl (C=O) groups is 1. The van der Waals surface area contributed by atoms with Gasteiger partial charge in [-0.05, 0) is 56.7 Å². The first-order valence-corrected chi connectivity index (χ1v) is 12.9. The Kier molecular flexibility index (Phi) is 7.04. The summed E-state index contributed by atoms with van der Waals surface area (Å²) in [5.74, 6) is 1.07. The molecule has 0 radical (unpaired) electrons. The van der Waals surface area contributed by atoms with Gasteiger partial charge in [0.25, 0.3) is 0 Å². The van der Waals surface area contributed by atoms with Crippen LogP contribution in [0.2, 0.25) is 0 Å². The van der Waals surface area contributed by atoms with E-state index in [1.807, 2.05) is 49.1 Å². The van der Waals surface area contributed by atoms with Crippen LogP contribution < -0.4 is 15.5 Å². The number of nitrogens with zero attached hydrogens (tertiary/aromatic N) is 4. The average molecular weight is 495 g/mol. The number of benzene rings is 2. The molecule has 1 aliphatic rings. The molecule has 10 heteroatoms. The third-order valence-corrected chi connectivity index (χ3v) is 7.86. The maximum absolute atomic E-state index is 13.3. The maximum atomic E-state index is 13.3. The molecule has 0 atom stereocenters. The summed E-state index contributed by atoms with van der Waals surface area (Å²) in [6.45, 7) is 8.72. The zero-order valence-electron chi connectivity index (χ0n) is 20.4. The minimum absolute atomic E-state index is 0.202. The van der Waals surface area contributed by atoms with Crippen LogP contribution in [0, 0.1) is 20.8 Å². The summed E-state index contributed by atoms with van der Waals surface area (Å²) in [5, 5.41) is 6.00. The van der Waals surface area contributed by atoms with E-state index in [1.165, 1.54) is 16.8 Å². The van der Waals surface area contributed by atoms with Gasteiger partial charge >= 0.3 is 0 Å². The summed E-state index contributed by atoms with van der Waals surface area (Å²) in [4.78, 5) is 22.8. The molecule has 1 aromatic heterocycles. The minimum Gasteiger partial charge on any atom is -0.340 e. The highest BCUT2D eigenvalue weighted by atomic mass is 32.2. The summed E-state index contributed by atoms with van der Waals surface area (Å²) in [6.07, 6.45) is 0. The molecule has 0 unspecified atom stereocenters. The summed E-state index contributed by atoms with van der Waals surface area (Å²) >= 11 is 0. The Hall–Kier alpha value is -3.50. The summed E-state index contributed by atoms with van der Waals surface area (Å²) in [5.41, 5.74) is 4.12. The molecule has 184 valence electrons. The number of anilines is 4. The first-order chi connectivity index (χ1) is 16.6. The molecule has 1 amide bonds. The quantitative estimate of drug-likeness (QED) is 0.539. The van der Waals surface area contributed by atoms with E-state index < -0.39 is 10.0 Å². The standard InChI is InChI=1S/C25H30N6O3S/c1-17-5-7-21(8-6-17)28-24-16-19(3)26-25(29-24)30-11-13-31(14-12-30)35(33,34)23-10-9-22(15-18(23)2)27-20(4)32/h5-10,15-16H,11-14H2,1-4H3,(H,27,32)(H,26,28,29). The molecule has 3 aromatic rings. The van der Waals surface area contributed by atoms with Crippen molar-refractivity contribution in [3.63, 3.8) is 0 Å². The largest absolute Gasteiger partial charge is 0.340 e. The zero-order chi connectivity index (χ0) is 25.2. The van der Waals surface area contributed by atoms with E-state index in [9.17, 15) is 13.2 Å². The van der Waals surface area contributed by atoms with Crippen molar-refractivity contribution in [2.24, 2.45) is 0 Å². The van der Waals surface area contributed by atoms with Gasteiger partial charge in [0.05, 0.1) is 4.90 Å². The first kappa shape index (κ1) is 24.6. The van der Waals surface area contributed by atoms with Crippen molar-refractivity contribution >= 4 is 39.1 Å². The highest BCUT2D eigenvalue weighted by Crippen LogP contribution is 2.25. The molecule has 1 aliphatic heterocycles. The number of aryl methyl sites for hydroxylation is 3. The van der Waals surface area contributed by atoms with Gasteiger partial charge in [-0.2, -0.15) is 9.29 Å². The number of sulfonamides is 1. The number of carbonyl (C=O) groups excluding carboxylic acids is 1. The molecular formula is C25H30N6O3S. The Bertz CT molecular complexity index is 1330. The predicted octanol–water partition coefficient (Wildman–Crippen LogP) is 3.61. The highest BCUT2D eigenvalue weighted by Gasteiger charge is 2.30.